The summed E-state index contributed by atoms with van der Waals surface area (Å²) < 4.78 is 0. The van der Waals surface area contributed by atoms with Gasteiger partial charge < -0.3 is 15.5 Å². The molecule has 2 unspecified atom stereocenters. The van der Waals surface area contributed by atoms with E-state index in [4.69, 9.17) is 0 Å². The van der Waals surface area contributed by atoms with Crippen molar-refractivity contribution in [3.63, 3.8) is 0 Å². The van der Waals surface area contributed by atoms with Crippen LogP contribution in [-0.2, 0) is 4.79 Å². The number of carbonyl (C=O) groups excluding carboxylic acids is 1. The van der Waals surface area contributed by atoms with Crippen LogP contribution in [0.3, 0.4) is 0 Å². The van der Waals surface area contributed by atoms with E-state index in [2.05, 4.69) is 104 Å². The molecule has 0 rings (SSSR count). The first-order chi connectivity index (χ1) is 32.7. The highest BCUT2D eigenvalue weighted by molar-refractivity contribution is 5.76. The first-order valence-corrected chi connectivity index (χ1v) is 28.5. The summed E-state index contributed by atoms with van der Waals surface area (Å²) in [7, 11) is 0. The normalized spacial score (nSPS) is 13.6. The highest BCUT2D eigenvalue weighted by Crippen LogP contribution is 2.16. The molecule has 1 amide bonds. The number of allylic oxidation sites excluding steroid dienone is 15. The molecule has 0 bridgehead atoms. The van der Waals surface area contributed by atoms with Crippen LogP contribution in [0, 0.1) is 0 Å². The Bertz CT molecular complexity index is 1220. The fraction of sp³-hybridized carbons (Fsp3) is 0.726. The number of unbranched alkanes of at least 4 members (excludes halogenated alkanes) is 30. The van der Waals surface area contributed by atoms with Gasteiger partial charge in [-0.3, -0.25) is 4.79 Å². The van der Waals surface area contributed by atoms with Crippen molar-refractivity contribution in [1.29, 1.82) is 0 Å². The molecule has 66 heavy (non-hydrogen) atoms. The standard InChI is InChI=1S/C62H109NO3/c1-3-5-7-9-11-13-15-17-19-21-23-24-25-26-27-28-29-30-31-32-33-34-35-36-37-38-40-42-44-46-48-50-52-54-56-58-62(66)63-60(59-64)61(65)57-55-53-51-49-47-45-43-41-39-22-20-18-16-14-12-10-8-6-4-2/h5,7,11,13,17,19,23-24,26-27,29-30,47,49,55,57,60-61,64-65H,3-4,6,8-10,12,14-16,18,20-22,25,28,31-46,48,50-54,56,58-59H2,1-2H3,(H,63,66)/b7-5-,13-11-,19-17-,24-23-,27-26-,30-29-,49-47+,57-55+. The first-order valence-electron chi connectivity index (χ1n) is 28.5. The molecule has 0 saturated heterocycles. The monoisotopic (exact) mass is 916 g/mol. The quantitative estimate of drug-likeness (QED) is 0.0421. The number of nitrogens with one attached hydrogen (secondary N) is 1. The summed E-state index contributed by atoms with van der Waals surface area (Å²) in [6.07, 6.45) is 84.3. The van der Waals surface area contributed by atoms with Crippen LogP contribution in [-0.4, -0.2) is 34.9 Å². The van der Waals surface area contributed by atoms with Crippen LogP contribution in [0.15, 0.2) is 97.2 Å². The van der Waals surface area contributed by atoms with E-state index < -0.39 is 12.1 Å². The van der Waals surface area contributed by atoms with E-state index in [1.807, 2.05) is 6.08 Å². The zero-order chi connectivity index (χ0) is 47.7. The summed E-state index contributed by atoms with van der Waals surface area (Å²) in [6, 6.07) is -0.644. The van der Waals surface area contributed by atoms with Gasteiger partial charge in [0.05, 0.1) is 18.8 Å². The van der Waals surface area contributed by atoms with Gasteiger partial charge in [-0.1, -0.05) is 278 Å². The topological polar surface area (TPSA) is 69.6 Å². The lowest BCUT2D eigenvalue weighted by atomic mass is 10.0. The van der Waals surface area contributed by atoms with E-state index in [9.17, 15) is 15.0 Å². The van der Waals surface area contributed by atoms with Gasteiger partial charge in [-0.15, -0.1) is 0 Å². The maximum absolute atomic E-state index is 12.5. The molecule has 0 aliphatic rings. The van der Waals surface area contributed by atoms with Crippen LogP contribution in [0.5, 0.6) is 0 Å². The Kier molecular flexibility index (Phi) is 54.3. The van der Waals surface area contributed by atoms with Gasteiger partial charge in [0.25, 0.3) is 0 Å². The molecule has 0 heterocycles. The zero-order valence-corrected chi connectivity index (χ0v) is 43.7. The number of aliphatic hydroxyl groups is 2. The molecule has 0 saturated carbocycles. The second kappa shape index (κ2) is 56.6. The average Bonchev–Trinajstić information content (AvgIpc) is 3.32. The van der Waals surface area contributed by atoms with Crippen molar-refractivity contribution < 1.29 is 15.0 Å². The minimum atomic E-state index is -0.866. The third kappa shape index (κ3) is 52.3. The number of amides is 1. The van der Waals surface area contributed by atoms with Gasteiger partial charge in [-0.2, -0.15) is 0 Å². The molecule has 0 aromatic heterocycles. The maximum atomic E-state index is 12.5. The largest absolute Gasteiger partial charge is 0.394 e. The van der Waals surface area contributed by atoms with Crippen LogP contribution in [0.4, 0.5) is 0 Å². The molecule has 0 spiro atoms. The van der Waals surface area contributed by atoms with Crippen LogP contribution >= 0.6 is 0 Å². The van der Waals surface area contributed by atoms with Crippen molar-refractivity contribution in [2.24, 2.45) is 0 Å². The molecule has 0 fully saturated rings. The lowest BCUT2D eigenvalue weighted by Crippen LogP contribution is -2.45. The number of aliphatic hydroxyl groups excluding tert-OH is 2. The van der Waals surface area contributed by atoms with Gasteiger partial charge in [0.15, 0.2) is 0 Å². The second-order valence-electron chi connectivity index (χ2n) is 19.0. The van der Waals surface area contributed by atoms with Crippen molar-refractivity contribution in [1.82, 2.24) is 5.32 Å². The Morgan fingerprint density at radius 2 is 0.682 bits per heavy atom. The molecule has 0 radical (unpaired) electrons. The summed E-state index contributed by atoms with van der Waals surface area (Å²) in [6.45, 7) is 4.19. The molecule has 0 aliphatic heterocycles. The van der Waals surface area contributed by atoms with Gasteiger partial charge in [-0.25, -0.2) is 0 Å². The Morgan fingerprint density at radius 3 is 1.06 bits per heavy atom. The smallest absolute Gasteiger partial charge is 0.220 e. The highest BCUT2D eigenvalue weighted by atomic mass is 16.3. The molecule has 2 atom stereocenters. The van der Waals surface area contributed by atoms with Crippen LogP contribution < -0.4 is 5.32 Å². The molecule has 4 nitrogen and oxygen atoms in total. The molecular weight excluding hydrogens is 807 g/mol. The third-order valence-corrected chi connectivity index (χ3v) is 12.6. The van der Waals surface area contributed by atoms with E-state index in [1.165, 1.54) is 180 Å². The Hall–Kier alpha value is -2.69. The van der Waals surface area contributed by atoms with E-state index in [0.29, 0.717) is 6.42 Å². The summed E-state index contributed by atoms with van der Waals surface area (Å²) >= 11 is 0. The fourth-order valence-electron chi connectivity index (χ4n) is 8.26. The van der Waals surface area contributed by atoms with E-state index >= 15 is 0 Å². The molecular formula is C62H109NO3. The number of hydrogen-bond donors (Lipinski definition) is 3. The van der Waals surface area contributed by atoms with Gasteiger partial charge >= 0.3 is 0 Å². The van der Waals surface area contributed by atoms with Crippen molar-refractivity contribution in [2.75, 3.05) is 6.61 Å². The van der Waals surface area contributed by atoms with Gasteiger partial charge in [0.2, 0.25) is 5.91 Å². The Labute approximate surface area is 411 Å². The van der Waals surface area contributed by atoms with Crippen molar-refractivity contribution in [3.8, 4) is 0 Å². The van der Waals surface area contributed by atoms with Crippen LogP contribution in [0.25, 0.3) is 0 Å². The highest BCUT2D eigenvalue weighted by Gasteiger charge is 2.18. The number of rotatable bonds is 51. The van der Waals surface area contributed by atoms with E-state index in [0.717, 1.165) is 70.6 Å². The van der Waals surface area contributed by atoms with E-state index in [1.54, 1.807) is 6.08 Å². The molecule has 3 N–H and O–H groups in total. The maximum Gasteiger partial charge on any atom is 0.220 e. The fourth-order valence-corrected chi connectivity index (χ4v) is 8.26. The van der Waals surface area contributed by atoms with Gasteiger partial charge in [0.1, 0.15) is 0 Å². The van der Waals surface area contributed by atoms with Crippen LogP contribution in [0.2, 0.25) is 0 Å². The summed E-state index contributed by atoms with van der Waals surface area (Å²) in [5.74, 6) is -0.0746. The van der Waals surface area contributed by atoms with Gasteiger partial charge in [-0.05, 0) is 83.5 Å². The minimum absolute atomic E-state index is 0.0746. The second-order valence-corrected chi connectivity index (χ2v) is 19.0. The predicted molar refractivity (Wildman–Crippen MR) is 294 cm³/mol. The molecule has 0 aromatic carbocycles. The summed E-state index contributed by atoms with van der Waals surface area (Å²) in [5.41, 5.74) is 0. The average molecular weight is 917 g/mol. The van der Waals surface area contributed by atoms with Crippen molar-refractivity contribution in [3.05, 3.63) is 97.2 Å². The number of hydrogen-bond acceptors (Lipinski definition) is 3. The first kappa shape index (κ1) is 63.3. The molecule has 380 valence electrons. The SMILES string of the molecule is CC/C=C\C/C=C\C/C=C\C/C=C\C/C=C\C/C=C\CCCCCCCCCCCCCCCCCCC(=O)NC(CO)C(O)/C=C/CC/C=C/CCCCCCCCCCCCCCC. The molecule has 0 aromatic rings. The van der Waals surface area contributed by atoms with Crippen molar-refractivity contribution in [2.45, 2.75) is 283 Å². The predicted octanol–water partition coefficient (Wildman–Crippen LogP) is 18.9. The molecule has 0 aliphatic carbocycles. The van der Waals surface area contributed by atoms with Crippen LogP contribution in [0.1, 0.15) is 271 Å². The lowest BCUT2D eigenvalue weighted by molar-refractivity contribution is -0.123. The Balaban J connectivity index is 3.54. The third-order valence-electron chi connectivity index (χ3n) is 12.6. The summed E-state index contributed by atoms with van der Waals surface area (Å²) in [5, 5.41) is 23.1. The van der Waals surface area contributed by atoms with Gasteiger partial charge in [0, 0.05) is 6.42 Å². The number of carbonyl (C=O) groups is 1. The Morgan fingerprint density at radius 1 is 0.379 bits per heavy atom. The molecule has 4 heteroatoms. The summed E-state index contributed by atoms with van der Waals surface area (Å²) in [4.78, 5) is 12.5. The minimum Gasteiger partial charge on any atom is -0.394 e. The van der Waals surface area contributed by atoms with E-state index in [-0.39, 0.29) is 12.5 Å². The zero-order valence-electron chi connectivity index (χ0n) is 43.7. The lowest BCUT2D eigenvalue weighted by Gasteiger charge is -2.19. The van der Waals surface area contributed by atoms with Crippen molar-refractivity contribution >= 4 is 5.91 Å².